The van der Waals surface area contributed by atoms with Gasteiger partial charge < -0.3 is 0 Å². The fourth-order valence-electron chi connectivity index (χ4n) is 3.91. The number of ketones is 1. The van der Waals surface area contributed by atoms with Crippen LogP contribution in [0.3, 0.4) is 0 Å². The van der Waals surface area contributed by atoms with Crippen molar-refractivity contribution >= 4 is 5.78 Å². The van der Waals surface area contributed by atoms with Gasteiger partial charge in [0.1, 0.15) is 0 Å². The lowest BCUT2D eigenvalue weighted by molar-refractivity contribution is 0.0874. The summed E-state index contributed by atoms with van der Waals surface area (Å²) in [5.74, 6) is 2.24. The number of rotatable bonds is 2. The van der Waals surface area contributed by atoms with E-state index in [-0.39, 0.29) is 5.41 Å². The molecule has 2 saturated carbocycles. The van der Waals surface area contributed by atoms with Crippen molar-refractivity contribution in [2.45, 2.75) is 51.9 Å². The second-order valence-electron chi connectivity index (χ2n) is 7.47. The Labute approximate surface area is 116 Å². The Morgan fingerprint density at radius 3 is 2.21 bits per heavy atom. The van der Waals surface area contributed by atoms with Crippen molar-refractivity contribution in [3.8, 4) is 0 Å². The molecule has 19 heavy (non-hydrogen) atoms. The average Bonchev–Trinajstić information content (AvgIpc) is 2.99. The van der Waals surface area contributed by atoms with Crippen molar-refractivity contribution in [3.05, 3.63) is 35.4 Å². The second-order valence-corrected chi connectivity index (χ2v) is 7.47. The molecule has 2 aliphatic rings. The van der Waals surface area contributed by atoms with Gasteiger partial charge in [-0.2, -0.15) is 0 Å². The molecule has 1 heteroatoms. The number of fused-ring (bicyclic) bond motifs is 2. The Bertz CT molecular complexity index is 477. The van der Waals surface area contributed by atoms with E-state index in [2.05, 4.69) is 32.9 Å². The van der Waals surface area contributed by atoms with Crippen LogP contribution < -0.4 is 0 Å². The maximum Gasteiger partial charge on any atom is 0.166 e. The molecule has 0 saturated heterocycles. The van der Waals surface area contributed by atoms with Crippen LogP contribution in [0.5, 0.6) is 0 Å². The first-order valence-electron chi connectivity index (χ1n) is 7.60. The summed E-state index contributed by atoms with van der Waals surface area (Å²) >= 11 is 0. The lowest BCUT2D eigenvalue weighted by Crippen LogP contribution is -2.21. The summed E-state index contributed by atoms with van der Waals surface area (Å²) in [5.41, 5.74) is 2.39. The molecule has 0 aliphatic heterocycles. The molecule has 1 aromatic carbocycles. The minimum Gasteiger partial charge on any atom is -0.294 e. The number of benzene rings is 1. The highest BCUT2D eigenvalue weighted by molar-refractivity contribution is 5.98. The van der Waals surface area contributed by atoms with E-state index in [9.17, 15) is 4.79 Å². The van der Waals surface area contributed by atoms with E-state index in [0.29, 0.717) is 17.6 Å². The van der Waals surface area contributed by atoms with Crippen molar-refractivity contribution < 1.29 is 4.79 Å². The lowest BCUT2D eigenvalue weighted by atomic mass is 9.82. The molecule has 0 amide bonds. The minimum absolute atomic E-state index is 0.161. The monoisotopic (exact) mass is 256 g/mol. The highest BCUT2D eigenvalue weighted by Gasteiger charge is 2.43. The predicted molar refractivity (Wildman–Crippen MR) is 78.4 cm³/mol. The van der Waals surface area contributed by atoms with Gasteiger partial charge >= 0.3 is 0 Å². The predicted octanol–water partition coefficient (Wildman–Crippen LogP) is 4.60. The summed E-state index contributed by atoms with van der Waals surface area (Å²) in [6, 6.07) is 8.32. The molecule has 2 fully saturated rings. The smallest absolute Gasteiger partial charge is 0.166 e. The van der Waals surface area contributed by atoms with Crippen LogP contribution >= 0.6 is 0 Å². The van der Waals surface area contributed by atoms with Gasteiger partial charge in [0.05, 0.1) is 0 Å². The average molecular weight is 256 g/mol. The van der Waals surface area contributed by atoms with Gasteiger partial charge in [-0.3, -0.25) is 4.79 Å². The Morgan fingerprint density at radius 1 is 1.05 bits per heavy atom. The zero-order valence-corrected chi connectivity index (χ0v) is 12.3. The van der Waals surface area contributed by atoms with E-state index in [1.54, 1.807) is 0 Å². The molecule has 0 N–H and O–H groups in total. The van der Waals surface area contributed by atoms with Gasteiger partial charge in [0, 0.05) is 11.5 Å². The van der Waals surface area contributed by atoms with Gasteiger partial charge in [0.2, 0.25) is 0 Å². The van der Waals surface area contributed by atoms with E-state index < -0.39 is 0 Å². The van der Waals surface area contributed by atoms with Crippen molar-refractivity contribution in [3.63, 3.8) is 0 Å². The SMILES string of the molecule is CC(C)(C)c1ccc(C(=O)C2CC3CCC2C3)cc1. The van der Waals surface area contributed by atoms with Crippen LogP contribution in [-0.2, 0) is 5.41 Å². The van der Waals surface area contributed by atoms with Gasteiger partial charge in [-0.25, -0.2) is 0 Å². The number of Topliss-reactive ketones (excluding diaryl/α,β-unsaturated/α-hetero) is 1. The van der Waals surface area contributed by atoms with Crippen molar-refractivity contribution in [2.75, 3.05) is 0 Å². The maximum atomic E-state index is 12.6. The van der Waals surface area contributed by atoms with Crippen molar-refractivity contribution in [1.29, 1.82) is 0 Å². The van der Waals surface area contributed by atoms with E-state index in [1.807, 2.05) is 12.1 Å². The Kier molecular flexibility index (Phi) is 3.03. The number of hydrogen-bond donors (Lipinski definition) is 0. The molecule has 2 bridgehead atoms. The zero-order chi connectivity index (χ0) is 13.6. The van der Waals surface area contributed by atoms with Crippen LogP contribution in [0.15, 0.2) is 24.3 Å². The second kappa shape index (κ2) is 4.47. The lowest BCUT2D eigenvalue weighted by Gasteiger charge is -2.22. The maximum absolute atomic E-state index is 12.6. The van der Waals surface area contributed by atoms with E-state index in [1.165, 1.54) is 24.8 Å². The van der Waals surface area contributed by atoms with E-state index in [0.717, 1.165) is 17.9 Å². The third-order valence-corrected chi connectivity index (χ3v) is 5.11. The van der Waals surface area contributed by atoms with Crippen LogP contribution in [-0.4, -0.2) is 5.78 Å². The van der Waals surface area contributed by atoms with Gasteiger partial charge in [-0.1, -0.05) is 51.5 Å². The number of hydrogen-bond acceptors (Lipinski definition) is 1. The van der Waals surface area contributed by atoms with Gasteiger partial charge in [-0.15, -0.1) is 0 Å². The van der Waals surface area contributed by atoms with Gasteiger partial charge in [0.15, 0.2) is 5.78 Å². The van der Waals surface area contributed by atoms with Crippen LogP contribution in [0, 0.1) is 17.8 Å². The number of carbonyl (C=O) groups is 1. The fraction of sp³-hybridized carbons (Fsp3) is 0.611. The minimum atomic E-state index is 0.161. The molecule has 3 rings (SSSR count). The normalized spacial score (nSPS) is 29.7. The molecule has 1 aromatic rings. The van der Waals surface area contributed by atoms with Crippen LogP contribution in [0.4, 0.5) is 0 Å². The first kappa shape index (κ1) is 12.9. The topological polar surface area (TPSA) is 17.1 Å². The largest absolute Gasteiger partial charge is 0.294 e. The van der Waals surface area contributed by atoms with E-state index >= 15 is 0 Å². The zero-order valence-electron chi connectivity index (χ0n) is 12.3. The Hall–Kier alpha value is -1.11. The highest BCUT2D eigenvalue weighted by atomic mass is 16.1. The molecule has 1 nitrogen and oxygen atoms in total. The van der Waals surface area contributed by atoms with Crippen LogP contribution in [0.25, 0.3) is 0 Å². The molecule has 0 aromatic heterocycles. The van der Waals surface area contributed by atoms with Gasteiger partial charge in [0.25, 0.3) is 0 Å². The summed E-state index contributed by atoms with van der Waals surface area (Å²) in [5, 5.41) is 0. The molecular weight excluding hydrogens is 232 g/mol. The molecular formula is C18H24O. The first-order valence-corrected chi connectivity index (χ1v) is 7.60. The molecule has 102 valence electrons. The van der Waals surface area contributed by atoms with Crippen molar-refractivity contribution in [1.82, 2.24) is 0 Å². The molecule has 0 heterocycles. The Balaban J connectivity index is 1.77. The van der Waals surface area contributed by atoms with E-state index in [4.69, 9.17) is 0 Å². The Morgan fingerprint density at radius 2 is 1.74 bits per heavy atom. The molecule has 3 unspecified atom stereocenters. The third-order valence-electron chi connectivity index (χ3n) is 5.11. The summed E-state index contributed by atoms with van der Waals surface area (Å²) in [4.78, 5) is 12.6. The summed E-state index contributed by atoms with van der Waals surface area (Å²) in [7, 11) is 0. The first-order chi connectivity index (χ1) is 8.95. The van der Waals surface area contributed by atoms with Gasteiger partial charge in [-0.05, 0) is 42.1 Å². The number of carbonyl (C=O) groups excluding carboxylic acids is 1. The quantitative estimate of drug-likeness (QED) is 0.707. The summed E-state index contributed by atoms with van der Waals surface area (Å²) in [6.45, 7) is 6.62. The molecule has 0 spiro atoms. The van der Waals surface area contributed by atoms with Crippen molar-refractivity contribution in [2.24, 2.45) is 17.8 Å². The van der Waals surface area contributed by atoms with Crippen LogP contribution in [0.1, 0.15) is 62.4 Å². The molecule has 2 aliphatic carbocycles. The highest BCUT2D eigenvalue weighted by Crippen LogP contribution is 2.49. The summed E-state index contributed by atoms with van der Waals surface area (Å²) in [6.07, 6.45) is 5.08. The van der Waals surface area contributed by atoms with Crippen LogP contribution in [0.2, 0.25) is 0 Å². The third kappa shape index (κ3) is 2.35. The summed E-state index contributed by atoms with van der Waals surface area (Å²) < 4.78 is 0. The standard InChI is InChI=1S/C18H24O/c1-18(2,3)15-8-6-13(7-9-15)17(19)16-11-12-4-5-14(16)10-12/h6-9,12,14,16H,4-5,10-11H2,1-3H3. The molecule has 3 atom stereocenters. The fourth-order valence-corrected chi connectivity index (χ4v) is 3.91. The molecule has 0 radical (unpaired) electrons.